The third-order valence-electron chi connectivity index (χ3n) is 2.25. The van der Waals surface area contributed by atoms with Gasteiger partial charge in [-0.05, 0) is 0 Å². The van der Waals surface area contributed by atoms with E-state index in [1.807, 2.05) is 0 Å². The number of hydrogen-bond acceptors (Lipinski definition) is 6. The maximum absolute atomic E-state index is 11.9. The van der Waals surface area contributed by atoms with Crippen LogP contribution >= 0.6 is 24.4 Å². The van der Waals surface area contributed by atoms with Gasteiger partial charge in [-0.15, -0.1) is 11.8 Å². The molecule has 0 N–H and O–H groups in total. The molecule has 0 bridgehead atoms. The summed E-state index contributed by atoms with van der Waals surface area (Å²) in [5, 5.41) is 11.3. The monoisotopic (exact) mass is 291 g/mol. The summed E-state index contributed by atoms with van der Waals surface area (Å²) in [6, 6.07) is 0.139. The van der Waals surface area contributed by atoms with Gasteiger partial charge in [-0.1, -0.05) is 20.8 Å². The second-order valence-corrected chi connectivity index (χ2v) is 6.36. The third kappa shape index (κ3) is 4.97. The van der Waals surface area contributed by atoms with Crippen LogP contribution in [0.5, 0.6) is 0 Å². The Morgan fingerprint density at radius 3 is 2.83 bits per heavy atom. The standard InChI is InChI=1S/C11H20N2O3S2/c1-11(2,3)16-10(15)12-4-9(14)13-7-18-6-8(13)5-17/h8,17H,4-7H2,1-3H3,(H,12,15)/p-1/t8-/m1/s1. The van der Waals surface area contributed by atoms with Crippen LogP contribution in [0.25, 0.3) is 0 Å². The number of nitrogens with zero attached hydrogens (tertiary/aromatic N) is 2. The molecule has 1 amide bonds. The Hall–Kier alpha value is -0.560. The van der Waals surface area contributed by atoms with Gasteiger partial charge in [0.15, 0.2) is 0 Å². The molecule has 1 aliphatic heterocycles. The van der Waals surface area contributed by atoms with Crippen LogP contribution in [0.4, 0.5) is 0 Å². The summed E-state index contributed by atoms with van der Waals surface area (Å²) < 4.78 is 5.01. The van der Waals surface area contributed by atoms with Crippen molar-refractivity contribution in [1.29, 1.82) is 0 Å². The van der Waals surface area contributed by atoms with Crippen LogP contribution < -0.4 is 5.11 Å². The zero-order valence-electron chi connectivity index (χ0n) is 10.9. The Bertz CT molecular complexity index is 329. The number of carbonyl (C=O) groups excluding carboxylic acids is 1. The van der Waals surface area contributed by atoms with Crippen LogP contribution in [0.2, 0.25) is 0 Å². The van der Waals surface area contributed by atoms with E-state index in [9.17, 15) is 9.90 Å². The predicted octanol–water partition coefficient (Wildman–Crippen LogP) is 0.349. The molecule has 1 aliphatic rings. The molecule has 0 unspecified atom stereocenters. The summed E-state index contributed by atoms with van der Waals surface area (Å²) >= 11 is 5.89. The second kappa shape index (κ2) is 6.56. The lowest BCUT2D eigenvalue weighted by molar-refractivity contribution is -0.260. The maximum atomic E-state index is 11.9. The molecule has 0 radical (unpaired) electrons. The van der Waals surface area contributed by atoms with Crippen molar-refractivity contribution in [3.8, 4) is 0 Å². The Balaban J connectivity index is 2.47. The Labute approximate surface area is 117 Å². The Kier molecular flexibility index (Phi) is 5.65. The molecule has 1 saturated heterocycles. The molecular weight excluding hydrogens is 272 g/mol. The molecule has 1 rings (SSSR count). The summed E-state index contributed by atoms with van der Waals surface area (Å²) in [4.78, 5) is 17.2. The lowest BCUT2D eigenvalue weighted by atomic mass is 10.2. The number of thiol groups is 1. The van der Waals surface area contributed by atoms with E-state index in [1.54, 1.807) is 37.4 Å². The summed E-state index contributed by atoms with van der Waals surface area (Å²) in [7, 11) is 0. The minimum atomic E-state index is -0.690. The summed E-state index contributed by atoms with van der Waals surface area (Å²) in [5.74, 6) is 2.02. The van der Waals surface area contributed by atoms with E-state index in [-0.39, 0.29) is 18.5 Å². The molecule has 104 valence electrons. The van der Waals surface area contributed by atoms with Crippen LogP contribution in [0.15, 0.2) is 4.99 Å². The van der Waals surface area contributed by atoms with Crippen molar-refractivity contribution in [3.05, 3.63) is 0 Å². The zero-order chi connectivity index (χ0) is 13.8. The van der Waals surface area contributed by atoms with Gasteiger partial charge in [-0.25, -0.2) is 0 Å². The van der Waals surface area contributed by atoms with Crippen LogP contribution in [-0.4, -0.2) is 52.5 Å². The van der Waals surface area contributed by atoms with Crippen LogP contribution in [0.3, 0.4) is 0 Å². The number of amides is 1. The largest absolute Gasteiger partial charge is 0.595 e. The fourth-order valence-corrected chi connectivity index (χ4v) is 3.15. The maximum Gasteiger partial charge on any atom is 0.245 e. The first-order valence-electron chi connectivity index (χ1n) is 5.72. The highest BCUT2D eigenvalue weighted by molar-refractivity contribution is 7.99. The van der Waals surface area contributed by atoms with Gasteiger partial charge in [0.25, 0.3) is 0 Å². The highest BCUT2D eigenvalue weighted by Crippen LogP contribution is 2.21. The predicted molar refractivity (Wildman–Crippen MR) is 75.0 cm³/mol. The highest BCUT2D eigenvalue weighted by atomic mass is 32.2. The van der Waals surface area contributed by atoms with Gasteiger partial charge in [0.2, 0.25) is 5.91 Å². The Morgan fingerprint density at radius 2 is 2.28 bits per heavy atom. The van der Waals surface area contributed by atoms with Gasteiger partial charge in [0.05, 0.1) is 11.9 Å². The average molecular weight is 291 g/mol. The normalized spacial score (nSPS) is 21.2. The van der Waals surface area contributed by atoms with Crippen molar-refractivity contribution in [2.75, 3.05) is 23.9 Å². The first kappa shape index (κ1) is 15.5. The fraction of sp³-hybridized carbons (Fsp3) is 0.818. The third-order valence-corrected chi connectivity index (χ3v) is 3.75. The van der Waals surface area contributed by atoms with Crippen LogP contribution in [-0.2, 0) is 9.53 Å². The van der Waals surface area contributed by atoms with Crippen molar-refractivity contribution in [2.45, 2.75) is 32.4 Å². The lowest BCUT2D eigenvalue weighted by Gasteiger charge is -2.29. The molecule has 5 nitrogen and oxygen atoms in total. The highest BCUT2D eigenvalue weighted by Gasteiger charge is 2.27. The molecule has 1 fully saturated rings. The zero-order valence-corrected chi connectivity index (χ0v) is 12.6. The fourth-order valence-electron chi connectivity index (χ4n) is 1.43. The van der Waals surface area contributed by atoms with E-state index in [0.717, 1.165) is 5.75 Å². The SMILES string of the molecule is CC(C)(C)OC([O-])=NCC(=O)N1CSC[C@H]1CS. The van der Waals surface area contributed by atoms with Gasteiger partial charge >= 0.3 is 0 Å². The van der Waals surface area contributed by atoms with Gasteiger partial charge in [-0.3, -0.25) is 9.79 Å². The van der Waals surface area contributed by atoms with Crippen LogP contribution in [0.1, 0.15) is 20.8 Å². The molecule has 18 heavy (non-hydrogen) atoms. The molecule has 0 aromatic rings. The average Bonchev–Trinajstić information content (AvgIpc) is 2.71. The van der Waals surface area contributed by atoms with Crippen molar-refractivity contribution in [1.82, 2.24) is 4.90 Å². The smallest absolute Gasteiger partial charge is 0.245 e. The number of thioether (sulfide) groups is 1. The molecule has 1 heterocycles. The van der Waals surface area contributed by atoms with E-state index in [0.29, 0.717) is 11.6 Å². The topological polar surface area (TPSA) is 65.0 Å². The van der Waals surface area contributed by atoms with Gasteiger partial charge < -0.3 is 14.7 Å². The van der Waals surface area contributed by atoms with E-state index in [1.165, 1.54) is 0 Å². The first-order chi connectivity index (χ1) is 8.33. The van der Waals surface area contributed by atoms with E-state index in [2.05, 4.69) is 17.6 Å². The molecule has 0 spiro atoms. The Morgan fingerprint density at radius 1 is 1.61 bits per heavy atom. The van der Waals surface area contributed by atoms with Crippen molar-refractivity contribution in [3.63, 3.8) is 0 Å². The number of aliphatic imine (C=N–C) groups is 1. The molecule has 1 atom stereocenters. The van der Waals surface area contributed by atoms with Crippen molar-refractivity contribution < 1.29 is 14.6 Å². The number of rotatable bonds is 3. The van der Waals surface area contributed by atoms with Gasteiger partial charge in [0, 0.05) is 17.1 Å². The molecule has 0 aromatic carbocycles. The molecular formula is C11H19N2O3S2-. The van der Waals surface area contributed by atoms with Gasteiger partial charge in [-0.2, -0.15) is 12.6 Å². The number of ether oxygens (including phenoxy) is 1. The molecule has 7 heteroatoms. The second-order valence-electron chi connectivity index (χ2n) is 5.00. The van der Waals surface area contributed by atoms with Crippen molar-refractivity contribution >= 4 is 36.4 Å². The van der Waals surface area contributed by atoms with Crippen molar-refractivity contribution in [2.24, 2.45) is 4.99 Å². The van der Waals surface area contributed by atoms with E-state index >= 15 is 0 Å². The summed E-state index contributed by atoms with van der Waals surface area (Å²) in [5.41, 5.74) is -0.583. The minimum absolute atomic E-state index is 0.139. The quantitative estimate of drug-likeness (QED) is 0.463. The first-order valence-corrected chi connectivity index (χ1v) is 7.51. The summed E-state index contributed by atoms with van der Waals surface area (Å²) in [6.07, 6.45) is -0.690. The molecule has 0 saturated carbocycles. The number of hydrogen-bond donors (Lipinski definition) is 1. The molecule has 0 aromatic heterocycles. The molecule has 0 aliphatic carbocycles. The van der Waals surface area contributed by atoms with Gasteiger partial charge in [0.1, 0.15) is 12.6 Å². The number of carbonyl (C=O) groups is 1. The minimum Gasteiger partial charge on any atom is -0.595 e. The summed E-state index contributed by atoms with van der Waals surface area (Å²) in [6.45, 7) is 5.13. The van der Waals surface area contributed by atoms with E-state index in [4.69, 9.17) is 4.74 Å². The van der Waals surface area contributed by atoms with Crippen LogP contribution in [0, 0.1) is 0 Å². The lowest BCUT2D eigenvalue weighted by Crippen LogP contribution is -2.40. The van der Waals surface area contributed by atoms with E-state index < -0.39 is 11.7 Å².